The summed E-state index contributed by atoms with van der Waals surface area (Å²) in [4.78, 5) is 3.83. The van der Waals surface area contributed by atoms with Gasteiger partial charge in [-0.25, -0.2) is 0 Å². The fraction of sp³-hybridized carbons (Fsp3) is 0.273. The third-order valence-corrected chi connectivity index (χ3v) is 3.84. The monoisotopic (exact) mass is 281 g/mol. The van der Waals surface area contributed by atoms with Crippen molar-refractivity contribution in [3.8, 4) is 0 Å². The van der Waals surface area contributed by atoms with Crippen molar-refractivity contribution in [3.63, 3.8) is 0 Å². The Kier molecular flexibility index (Phi) is 4.13. The molecule has 7 nitrogen and oxygen atoms in total. The first kappa shape index (κ1) is 13.5. The summed E-state index contributed by atoms with van der Waals surface area (Å²) in [5.74, 6) is 0. The van der Waals surface area contributed by atoms with Crippen molar-refractivity contribution in [2.24, 2.45) is 0 Å². The summed E-state index contributed by atoms with van der Waals surface area (Å²) in [5.41, 5.74) is 1.06. The third kappa shape index (κ3) is 3.30. The molecule has 2 aromatic rings. The summed E-state index contributed by atoms with van der Waals surface area (Å²) in [6.45, 7) is 3.14. The fourth-order valence-electron chi connectivity index (χ4n) is 1.54. The number of rotatable bonds is 6. The van der Waals surface area contributed by atoms with E-state index in [1.54, 1.807) is 12.1 Å². The molecule has 0 amide bonds. The van der Waals surface area contributed by atoms with Crippen molar-refractivity contribution in [2.45, 2.75) is 18.5 Å². The van der Waals surface area contributed by atoms with Gasteiger partial charge in [0.05, 0.1) is 11.9 Å². The van der Waals surface area contributed by atoms with Gasteiger partial charge in [0.25, 0.3) is 10.0 Å². The molecule has 0 radical (unpaired) electrons. The Balaban J connectivity index is 2.22. The highest BCUT2D eigenvalue weighted by atomic mass is 32.2. The van der Waals surface area contributed by atoms with Gasteiger partial charge in [-0.05, 0) is 18.7 Å². The molecular formula is C11H15N5O2S. The maximum Gasteiger partial charge on any atom is 0.279 e. The zero-order chi connectivity index (χ0) is 13.7. The second-order valence-corrected chi connectivity index (χ2v) is 5.47. The van der Waals surface area contributed by atoms with E-state index in [2.05, 4.69) is 25.2 Å². The van der Waals surface area contributed by atoms with E-state index in [1.165, 1.54) is 18.6 Å². The molecule has 0 unspecified atom stereocenters. The molecule has 19 heavy (non-hydrogen) atoms. The van der Waals surface area contributed by atoms with E-state index in [1.807, 2.05) is 6.92 Å². The molecule has 0 aromatic carbocycles. The van der Waals surface area contributed by atoms with Crippen LogP contribution in [0.1, 0.15) is 12.5 Å². The summed E-state index contributed by atoms with van der Waals surface area (Å²) < 4.78 is 26.9. The highest BCUT2D eigenvalue weighted by Crippen LogP contribution is 2.16. The van der Waals surface area contributed by atoms with Gasteiger partial charge in [0.15, 0.2) is 5.03 Å². The average Bonchev–Trinajstić information content (AvgIpc) is 2.86. The van der Waals surface area contributed by atoms with Crippen LogP contribution < -0.4 is 10.0 Å². The van der Waals surface area contributed by atoms with E-state index in [4.69, 9.17) is 0 Å². The van der Waals surface area contributed by atoms with Crippen molar-refractivity contribution >= 4 is 15.7 Å². The molecule has 0 spiro atoms. The van der Waals surface area contributed by atoms with Crippen molar-refractivity contribution in [2.75, 3.05) is 11.3 Å². The van der Waals surface area contributed by atoms with Gasteiger partial charge < -0.3 is 5.32 Å². The van der Waals surface area contributed by atoms with Gasteiger partial charge in [-0.1, -0.05) is 6.92 Å². The molecule has 102 valence electrons. The summed E-state index contributed by atoms with van der Waals surface area (Å²) in [6.07, 6.45) is 4.54. The minimum Gasteiger partial charge on any atom is -0.313 e. The number of H-pyrrole nitrogens is 1. The quantitative estimate of drug-likeness (QED) is 0.724. The minimum absolute atomic E-state index is 0.0743. The SMILES string of the molecule is CCNCc1cn[nH]c1S(=O)(=O)Nc1ccncc1. The molecule has 2 heterocycles. The molecule has 0 aliphatic rings. The van der Waals surface area contributed by atoms with Crippen molar-refractivity contribution in [1.29, 1.82) is 0 Å². The second kappa shape index (κ2) is 5.81. The number of hydrogen-bond acceptors (Lipinski definition) is 5. The number of hydrogen-bond donors (Lipinski definition) is 3. The lowest BCUT2D eigenvalue weighted by Crippen LogP contribution is -2.18. The largest absolute Gasteiger partial charge is 0.313 e. The molecule has 0 bridgehead atoms. The summed E-state index contributed by atoms with van der Waals surface area (Å²) in [7, 11) is -3.67. The number of pyridine rings is 1. The van der Waals surface area contributed by atoms with Gasteiger partial charge in [-0.3, -0.25) is 14.8 Å². The lowest BCUT2D eigenvalue weighted by atomic mass is 10.3. The van der Waals surface area contributed by atoms with Crippen molar-refractivity contribution in [3.05, 3.63) is 36.3 Å². The standard InChI is InChI=1S/C11H15N5O2S/c1-2-12-7-9-8-14-15-11(9)19(17,18)16-10-3-5-13-6-4-10/h3-6,8,12H,2,7H2,1H3,(H,13,16)(H,14,15). The molecule has 0 atom stereocenters. The van der Waals surface area contributed by atoms with Crippen LogP contribution >= 0.6 is 0 Å². The van der Waals surface area contributed by atoms with E-state index in [-0.39, 0.29) is 5.03 Å². The Labute approximate surface area is 111 Å². The first-order chi connectivity index (χ1) is 9.13. The number of aromatic amines is 1. The lowest BCUT2D eigenvalue weighted by Gasteiger charge is -2.08. The molecule has 0 aliphatic carbocycles. The molecule has 0 saturated heterocycles. The first-order valence-electron chi connectivity index (χ1n) is 5.79. The van der Waals surface area contributed by atoms with Gasteiger partial charge in [0.1, 0.15) is 0 Å². The number of nitrogens with zero attached hydrogens (tertiary/aromatic N) is 2. The van der Waals surface area contributed by atoms with Gasteiger partial charge in [-0.15, -0.1) is 0 Å². The van der Waals surface area contributed by atoms with E-state index in [9.17, 15) is 8.42 Å². The summed E-state index contributed by atoms with van der Waals surface area (Å²) in [6, 6.07) is 3.16. The molecular weight excluding hydrogens is 266 g/mol. The Morgan fingerprint density at radius 1 is 1.32 bits per heavy atom. The number of nitrogens with one attached hydrogen (secondary N) is 3. The van der Waals surface area contributed by atoms with Crippen LogP contribution in [0.25, 0.3) is 0 Å². The maximum absolute atomic E-state index is 12.2. The predicted molar refractivity (Wildman–Crippen MR) is 71.0 cm³/mol. The number of sulfonamides is 1. The molecule has 0 saturated carbocycles. The molecule has 3 N–H and O–H groups in total. The summed E-state index contributed by atoms with van der Waals surface area (Å²) >= 11 is 0. The van der Waals surface area contributed by atoms with E-state index >= 15 is 0 Å². The lowest BCUT2D eigenvalue weighted by molar-refractivity contribution is 0.594. The van der Waals surface area contributed by atoms with E-state index in [0.29, 0.717) is 17.8 Å². The third-order valence-electron chi connectivity index (χ3n) is 2.44. The van der Waals surface area contributed by atoms with Crippen molar-refractivity contribution < 1.29 is 8.42 Å². The van der Waals surface area contributed by atoms with Crippen LogP contribution in [0.5, 0.6) is 0 Å². The fourth-order valence-corrected chi connectivity index (χ4v) is 2.74. The van der Waals surface area contributed by atoms with E-state index in [0.717, 1.165) is 6.54 Å². The van der Waals surface area contributed by atoms with Gasteiger partial charge in [-0.2, -0.15) is 13.5 Å². The Morgan fingerprint density at radius 3 is 2.74 bits per heavy atom. The van der Waals surface area contributed by atoms with Crippen molar-refractivity contribution in [1.82, 2.24) is 20.5 Å². The number of aromatic nitrogens is 3. The highest BCUT2D eigenvalue weighted by Gasteiger charge is 2.20. The van der Waals surface area contributed by atoms with E-state index < -0.39 is 10.0 Å². The average molecular weight is 281 g/mol. The van der Waals surface area contributed by atoms with Crippen LogP contribution in [0, 0.1) is 0 Å². The topological polar surface area (TPSA) is 99.8 Å². The van der Waals surface area contributed by atoms with Gasteiger partial charge >= 0.3 is 0 Å². The van der Waals surface area contributed by atoms with Gasteiger partial charge in [0.2, 0.25) is 0 Å². The van der Waals surface area contributed by atoms with Crippen LogP contribution in [0.3, 0.4) is 0 Å². The zero-order valence-electron chi connectivity index (χ0n) is 10.4. The molecule has 0 fully saturated rings. The highest BCUT2D eigenvalue weighted by molar-refractivity contribution is 7.92. The molecule has 0 aliphatic heterocycles. The molecule has 2 rings (SSSR count). The van der Waals surface area contributed by atoms with Crippen LogP contribution in [-0.4, -0.2) is 30.1 Å². The summed E-state index contributed by atoms with van der Waals surface area (Å²) in [5, 5.41) is 9.44. The zero-order valence-corrected chi connectivity index (χ0v) is 11.2. The first-order valence-corrected chi connectivity index (χ1v) is 7.27. The van der Waals surface area contributed by atoms with Crippen LogP contribution in [0.4, 0.5) is 5.69 Å². The minimum atomic E-state index is -3.67. The molecule has 8 heteroatoms. The van der Waals surface area contributed by atoms with Crippen LogP contribution in [0.15, 0.2) is 35.7 Å². The smallest absolute Gasteiger partial charge is 0.279 e. The second-order valence-electron chi connectivity index (χ2n) is 3.85. The Bertz CT molecular complexity index is 624. The Hall–Kier alpha value is -1.93. The number of anilines is 1. The van der Waals surface area contributed by atoms with Crippen LogP contribution in [0.2, 0.25) is 0 Å². The molecule has 2 aromatic heterocycles. The van der Waals surface area contributed by atoms with Crippen LogP contribution in [-0.2, 0) is 16.6 Å². The maximum atomic E-state index is 12.2. The predicted octanol–water partition coefficient (Wildman–Crippen LogP) is 0.715. The Morgan fingerprint density at radius 2 is 2.05 bits per heavy atom. The van der Waals surface area contributed by atoms with Gasteiger partial charge in [0, 0.05) is 24.5 Å². The normalized spacial score (nSPS) is 11.4.